The summed E-state index contributed by atoms with van der Waals surface area (Å²) in [6.07, 6.45) is 3.19. The van der Waals surface area contributed by atoms with Crippen LogP contribution < -0.4 is 4.90 Å². The van der Waals surface area contributed by atoms with Crippen LogP contribution in [0.2, 0.25) is 25.7 Å². The number of pyridine rings is 1. The molecule has 1 spiro atoms. The van der Waals surface area contributed by atoms with Crippen molar-refractivity contribution in [3.8, 4) is 0 Å². The molecule has 2 aromatic heterocycles. The van der Waals surface area contributed by atoms with E-state index < -0.39 is 19.5 Å². The number of hydrogen-bond acceptors (Lipinski definition) is 5. The number of fused-ring (bicyclic) bond motifs is 3. The van der Waals surface area contributed by atoms with Gasteiger partial charge in [-0.2, -0.15) is 0 Å². The van der Waals surface area contributed by atoms with Gasteiger partial charge in [-0.3, -0.25) is 9.69 Å². The quantitative estimate of drug-likeness (QED) is 0.575. The number of aromatic carboxylic acids is 1. The van der Waals surface area contributed by atoms with E-state index in [1.807, 2.05) is 12.1 Å². The van der Waals surface area contributed by atoms with Gasteiger partial charge in [0.15, 0.2) is 0 Å². The van der Waals surface area contributed by atoms with Crippen LogP contribution in [0, 0.1) is 0 Å². The number of nitrogens with zero attached hydrogens (tertiary/aromatic N) is 2. The number of carboxylic acid groups (broad SMARTS) is 1. The lowest BCUT2D eigenvalue weighted by Gasteiger charge is -2.31. The van der Waals surface area contributed by atoms with Crippen molar-refractivity contribution in [1.82, 2.24) is 4.98 Å². The van der Waals surface area contributed by atoms with Crippen LogP contribution in [-0.2, 0) is 27.8 Å². The van der Waals surface area contributed by atoms with Gasteiger partial charge in [0.05, 0.1) is 5.41 Å². The van der Waals surface area contributed by atoms with E-state index in [9.17, 15) is 14.7 Å². The second kappa shape index (κ2) is 7.10. The van der Waals surface area contributed by atoms with Gasteiger partial charge in [-0.15, -0.1) is 0 Å². The average Bonchev–Trinajstić information content (AvgIpc) is 3.18. The maximum absolute atomic E-state index is 13.5. The zero-order valence-corrected chi connectivity index (χ0v) is 18.0. The highest BCUT2D eigenvalue weighted by molar-refractivity contribution is 6.76. The number of aromatic nitrogens is 1. The topological polar surface area (TPSA) is 92.9 Å². The highest BCUT2D eigenvalue weighted by atomic mass is 28.3. The molecule has 1 atom stereocenters. The molecule has 2 aliphatic rings. The lowest BCUT2D eigenvalue weighted by Crippen LogP contribution is -2.44. The molecule has 1 aliphatic heterocycles. The van der Waals surface area contributed by atoms with Crippen molar-refractivity contribution >= 4 is 25.8 Å². The standard InChI is InChI=1S/C21H26N2O5Si/c1-29(2,3)10-9-27-13-23-18-15(5-4-8-22-18)21(20(23)26)7-6-16-14(12-21)11-17(28-16)19(24)25/h4-5,8,11H,6-7,9-10,12-13H2,1-3H3,(H,24,25)/t21-/m1/s1. The number of furan rings is 1. The molecule has 3 heterocycles. The van der Waals surface area contributed by atoms with Crippen LogP contribution in [0.3, 0.4) is 0 Å². The zero-order chi connectivity index (χ0) is 20.8. The molecule has 0 unspecified atom stereocenters. The summed E-state index contributed by atoms with van der Waals surface area (Å²) in [6, 6.07) is 6.38. The third kappa shape index (κ3) is 3.51. The Labute approximate surface area is 170 Å². The molecule has 0 bridgehead atoms. The van der Waals surface area contributed by atoms with Crippen molar-refractivity contribution in [3.05, 3.63) is 47.0 Å². The van der Waals surface area contributed by atoms with Crippen molar-refractivity contribution in [2.45, 2.75) is 50.4 Å². The molecule has 29 heavy (non-hydrogen) atoms. The van der Waals surface area contributed by atoms with Crippen LogP contribution >= 0.6 is 0 Å². The molecular weight excluding hydrogens is 388 g/mol. The van der Waals surface area contributed by atoms with Gasteiger partial charge in [-0.05, 0) is 36.6 Å². The van der Waals surface area contributed by atoms with Crippen LogP contribution in [0.15, 0.2) is 28.8 Å². The van der Waals surface area contributed by atoms with Crippen LogP contribution in [-0.4, -0.2) is 43.4 Å². The minimum absolute atomic E-state index is 0.0251. The maximum atomic E-state index is 13.5. The highest BCUT2D eigenvalue weighted by Gasteiger charge is 2.53. The smallest absolute Gasteiger partial charge is 0.371 e. The van der Waals surface area contributed by atoms with Gasteiger partial charge in [-0.25, -0.2) is 9.78 Å². The lowest BCUT2D eigenvalue weighted by molar-refractivity contribution is -0.124. The van der Waals surface area contributed by atoms with Crippen LogP contribution in [0.4, 0.5) is 5.82 Å². The number of ether oxygens (including phenoxy) is 1. The Morgan fingerprint density at radius 1 is 1.41 bits per heavy atom. The van der Waals surface area contributed by atoms with E-state index in [4.69, 9.17) is 9.15 Å². The Morgan fingerprint density at radius 3 is 2.93 bits per heavy atom. The highest BCUT2D eigenvalue weighted by Crippen LogP contribution is 2.48. The molecule has 0 saturated heterocycles. The number of anilines is 1. The summed E-state index contributed by atoms with van der Waals surface area (Å²) < 4.78 is 11.3. The predicted molar refractivity (Wildman–Crippen MR) is 110 cm³/mol. The fraction of sp³-hybridized carbons (Fsp3) is 0.476. The van der Waals surface area contributed by atoms with Gasteiger partial charge in [0, 0.05) is 32.9 Å². The number of aryl methyl sites for hydroxylation is 1. The second-order valence-electron chi connectivity index (χ2n) is 9.08. The van der Waals surface area contributed by atoms with Gasteiger partial charge in [0.1, 0.15) is 18.3 Å². The monoisotopic (exact) mass is 414 g/mol. The van der Waals surface area contributed by atoms with E-state index in [1.165, 1.54) is 0 Å². The number of hydrogen-bond donors (Lipinski definition) is 1. The van der Waals surface area contributed by atoms with Crippen molar-refractivity contribution < 1.29 is 23.8 Å². The Bertz CT molecular complexity index is 964. The minimum Gasteiger partial charge on any atom is -0.475 e. The SMILES string of the molecule is C[Si](C)(C)CCOCN1C(=O)[C@@]2(CCc3oc(C(=O)O)cc3C2)c2cccnc21. The first kappa shape index (κ1) is 19.8. The number of rotatable bonds is 6. The first-order valence-electron chi connectivity index (χ1n) is 9.91. The van der Waals surface area contributed by atoms with Crippen molar-refractivity contribution in [1.29, 1.82) is 0 Å². The third-order valence-corrected chi connectivity index (χ3v) is 7.51. The van der Waals surface area contributed by atoms with Gasteiger partial charge in [0.2, 0.25) is 11.7 Å². The van der Waals surface area contributed by atoms with E-state index in [2.05, 4.69) is 24.6 Å². The normalized spacial score (nSPS) is 20.8. The first-order chi connectivity index (χ1) is 13.7. The molecule has 0 aromatic carbocycles. The predicted octanol–water partition coefficient (Wildman–Crippen LogP) is 3.46. The van der Waals surface area contributed by atoms with E-state index in [-0.39, 0.29) is 18.4 Å². The fourth-order valence-corrected chi connectivity index (χ4v) is 4.95. The summed E-state index contributed by atoms with van der Waals surface area (Å²) in [5, 5.41) is 9.23. The lowest BCUT2D eigenvalue weighted by atomic mass is 9.70. The van der Waals surface area contributed by atoms with Crippen molar-refractivity contribution in [2.24, 2.45) is 0 Å². The molecule has 0 radical (unpaired) electrons. The molecular formula is C21H26N2O5Si. The molecule has 8 heteroatoms. The van der Waals surface area contributed by atoms with Crippen molar-refractivity contribution in [2.75, 3.05) is 18.2 Å². The number of carbonyl (C=O) groups is 2. The Morgan fingerprint density at radius 2 is 2.21 bits per heavy atom. The average molecular weight is 415 g/mol. The number of amides is 1. The van der Waals surface area contributed by atoms with Gasteiger partial charge < -0.3 is 14.3 Å². The summed E-state index contributed by atoms with van der Waals surface area (Å²) in [5.74, 6) is 0.121. The summed E-state index contributed by atoms with van der Waals surface area (Å²) in [4.78, 5) is 30.9. The van der Waals surface area contributed by atoms with Crippen LogP contribution in [0.5, 0.6) is 0 Å². The van der Waals surface area contributed by atoms with Crippen molar-refractivity contribution in [3.63, 3.8) is 0 Å². The van der Waals surface area contributed by atoms with Crippen LogP contribution in [0.1, 0.15) is 33.9 Å². The molecule has 154 valence electrons. The molecule has 2 aromatic rings. The maximum Gasteiger partial charge on any atom is 0.371 e. The molecule has 4 rings (SSSR count). The van der Waals surface area contributed by atoms with Gasteiger partial charge in [-0.1, -0.05) is 25.7 Å². The van der Waals surface area contributed by atoms with Gasteiger partial charge >= 0.3 is 5.97 Å². The molecule has 0 fully saturated rings. The Kier molecular flexibility index (Phi) is 4.86. The molecule has 1 N–H and O–H groups in total. The number of carbonyl (C=O) groups excluding carboxylic acids is 1. The molecule has 7 nitrogen and oxygen atoms in total. The largest absolute Gasteiger partial charge is 0.475 e. The summed E-state index contributed by atoms with van der Waals surface area (Å²) in [6.45, 7) is 7.69. The first-order valence-corrected chi connectivity index (χ1v) is 13.6. The minimum atomic E-state index is -1.21. The van der Waals surface area contributed by atoms with E-state index in [0.29, 0.717) is 37.4 Å². The second-order valence-corrected chi connectivity index (χ2v) is 14.7. The van der Waals surface area contributed by atoms with Crippen LogP contribution in [0.25, 0.3) is 0 Å². The molecule has 1 amide bonds. The van der Waals surface area contributed by atoms with E-state index in [1.54, 1.807) is 17.2 Å². The third-order valence-electron chi connectivity index (χ3n) is 5.81. The molecule has 0 saturated carbocycles. The number of carboxylic acids is 1. The Hall–Kier alpha value is -2.45. The van der Waals surface area contributed by atoms with E-state index in [0.717, 1.165) is 17.2 Å². The van der Waals surface area contributed by atoms with Gasteiger partial charge in [0.25, 0.3) is 0 Å². The summed E-state index contributed by atoms with van der Waals surface area (Å²) in [5.41, 5.74) is 0.944. The fourth-order valence-electron chi connectivity index (χ4n) is 4.20. The summed E-state index contributed by atoms with van der Waals surface area (Å²) >= 11 is 0. The Balaban J connectivity index is 1.60. The molecule has 1 aliphatic carbocycles. The van der Waals surface area contributed by atoms with E-state index >= 15 is 0 Å². The summed E-state index contributed by atoms with van der Waals surface area (Å²) in [7, 11) is -1.21. The zero-order valence-electron chi connectivity index (χ0n) is 17.0.